The van der Waals surface area contributed by atoms with Gasteiger partial charge in [0.2, 0.25) is 10.0 Å². The van der Waals surface area contributed by atoms with Crippen LogP contribution in [0.5, 0.6) is 0 Å². The number of fused-ring (bicyclic) bond motifs is 1. The van der Waals surface area contributed by atoms with Crippen LogP contribution in [0.15, 0.2) is 53.4 Å². The van der Waals surface area contributed by atoms with Crippen LogP contribution >= 0.6 is 11.3 Å². The van der Waals surface area contributed by atoms with E-state index in [2.05, 4.69) is 4.98 Å². The van der Waals surface area contributed by atoms with Crippen molar-refractivity contribution in [3.8, 4) is 0 Å². The van der Waals surface area contributed by atoms with Gasteiger partial charge in [0, 0.05) is 25.7 Å². The number of carbonyl (C=O) groups excluding carboxylic acids is 1. The highest BCUT2D eigenvalue weighted by Crippen LogP contribution is 2.29. The third kappa shape index (κ3) is 3.55. The second kappa shape index (κ2) is 7.62. The fraction of sp³-hybridized carbons (Fsp3) is 0.300. The van der Waals surface area contributed by atoms with Crippen molar-refractivity contribution in [2.45, 2.75) is 24.2 Å². The maximum absolute atomic E-state index is 13.0. The minimum Gasteiger partial charge on any atom is -0.287 e. The lowest BCUT2D eigenvalue weighted by atomic mass is 10.2. The molecule has 1 aliphatic rings. The Morgan fingerprint density at radius 2 is 1.82 bits per heavy atom. The van der Waals surface area contributed by atoms with Crippen molar-refractivity contribution in [2.24, 2.45) is 0 Å². The summed E-state index contributed by atoms with van der Waals surface area (Å²) >= 11 is 1.43. The number of hydrogen-bond donors (Lipinski definition) is 0. The van der Waals surface area contributed by atoms with Gasteiger partial charge in [0.05, 0.1) is 15.1 Å². The molecule has 2 aromatic carbocycles. The van der Waals surface area contributed by atoms with E-state index in [4.69, 9.17) is 0 Å². The van der Waals surface area contributed by atoms with Gasteiger partial charge in [-0.15, -0.1) is 0 Å². The van der Waals surface area contributed by atoms with Gasteiger partial charge in [0.25, 0.3) is 5.91 Å². The van der Waals surface area contributed by atoms with Gasteiger partial charge in [0.15, 0.2) is 5.13 Å². The summed E-state index contributed by atoms with van der Waals surface area (Å²) in [6, 6.07) is 14.0. The van der Waals surface area contributed by atoms with Crippen LogP contribution in [0, 0.1) is 0 Å². The van der Waals surface area contributed by atoms with Crippen LogP contribution in [-0.4, -0.2) is 43.8 Å². The van der Waals surface area contributed by atoms with Crippen molar-refractivity contribution in [2.75, 3.05) is 25.0 Å². The molecular formula is C20H21N3O3S2. The minimum atomic E-state index is -3.58. The molecule has 146 valence electrons. The van der Waals surface area contributed by atoms with E-state index >= 15 is 0 Å². The Morgan fingerprint density at radius 3 is 2.57 bits per heavy atom. The van der Waals surface area contributed by atoms with Crippen molar-refractivity contribution in [3.05, 3.63) is 54.1 Å². The summed E-state index contributed by atoms with van der Waals surface area (Å²) in [5, 5.41) is 0.579. The zero-order valence-corrected chi connectivity index (χ0v) is 17.2. The lowest BCUT2D eigenvalue weighted by Gasteiger charge is -2.26. The van der Waals surface area contributed by atoms with Crippen LogP contribution in [-0.2, 0) is 10.0 Å². The van der Waals surface area contributed by atoms with E-state index in [1.165, 1.54) is 26.6 Å². The third-order valence-corrected chi connectivity index (χ3v) is 7.92. The predicted octanol–water partition coefficient (Wildman–Crippen LogP) is 3.75. The molecule has 0 radical (unpaired) electrons. The smallest absolute Gasteiger partial charge is 0.259 e. The maximum Gasteiger partial charge on any atom is 0.259 e. The number of piperidine rings is 1. The number of aromatic nitrogens is 1. The number of carbonyl (C=O) groups is 1. The zero-order chi connectivity index (χ0) is 19.7. The first-order valence-corrected chi connectivity index (χ1v) is 11.5. The van der Waals surface area contributed by atoms with Gasteiger partial charge in [-0.2, -0.15) is 4.31 Å². The molecule has 8 heteroatoms. The van der Waals surface area contributed by atoms with Crippen molar-refractivity contribution in [3.63, 3.8) is 0 Å². The number of amides is 1. The Kier molecular flexibility index (Phi) is 5.18. The second-order valence-corrected chi connectivity index (χ2v) is 9.77. The summed E-state index contributed by atoms with van der Waals surface area (Å²) in [5.74, 6) is -0.283. The highest BCUT2D eigenvalue weighted by Gasteiger charge is 2.27. The number of benzene rings is 2. The Hall–Kier alpha value is -2.29. The molecule has 4 rings (SSSR count). The summed E-state index contributed by atoms with van der Waals surface area (Å²) in [5.41, 5.74) is 1.17. The van der Waals surface area contributed by atoms with Crippen molar-refractivity contribution in [1.29, 1.82) is 0 Å². The summed E-state index contributed by atoms with van der Waals surface area (Å²) < 4.78 is 28.3. The van der Waals surface area contributed by atoms with Gasteiger partial charge < -0.3 is 0 Å². The van der Waals surface area contributed by atoms with E-state index in [1.807, 2.05) is 24.3 Å². The first kappa shape index (κ1) is 19.0. The Morgan fingerprint density at radius 1 is 1.07 bits per heavy atom. The molecule has 0 bridgehead atoms. The molecule has 3 aromatic rings. The van der Waals surface area contributed by atoms with Gasteiger partial charge in [-0.05, 0) is 43.2 Å². The summed E-state index contributed by atoms with van der Waals surface area (Å²) in [7, 11) is -1.92. The molecule has 1 aromatic heterocycles. The molecule has 0 saturated carbocycles. The molecule has 1 amide bonds. The average Bonchev–Trinajstić information content (AvgIpc) is 3.17. The van der Waals surface area contributed by atoms with Gasteiger partial charge in [0.1, 0.15) is 0 Å². The van der Waals surface area contributed by atoms with E-state index in [1.54, 1.807) is 25.2 Å². The molecule has 0 spiro atoms. The van der Waals surface area contributed by atoms with Gasteiger partial charge in [-0.3, -0.25) is 9.69 Å². The molecule has 0 unspecified atom stereocenters. The first-order chi connectivity index (χ1) is 13.5. The Balaban J connectivity index is 1.62. The summed E-state index contributed by atoms with van der Waals surface area (Å²) in [6.07, 6.45) is 2.80. The lowest BCUT2D eigenvalue weighted by Crippen LogP contribution is -2.35. The second-order valence-electron chi connectivity index (χ2n) is 6.82. The Labute approximate surface area is 168 Å². The SMILES string of the molecule is CN(C(=O)c1cccc(S(=O)(=O)N2CCCCC2)c1)c1nc2ccccc2s1. The van der Waals surface area contributed by atoms with Crippen LogP contribution in [0.2, 0.25) is 0 Å². The zero-order valence-electron chi connectivity index (χ0n) is 15.5. The molecule has 2 heterocycles. The van der Waals surface area contributed by atoms with Crippen molar-refractivity contribution >= 4 is 42.6 Å². The highest BCUT2D eigenvalue weighted by molar-refractivity contribution is 7.89. The number of para-hydroxylation sites is 1. The molecule has 1 aliphatic heterocycles. The highest BCUT2D eigenvalue weighted by atomic mass is 32.2. The number of anilines is 1. The Bertz CT molecular complexity index is 1090. The van der Waals surface area contributed by atoms with E-state index < -0.39 is 10.0 Å². The largest absolute Gasteiger partial charge is 0.287 e. The molecule has 28 heavy (non-hydrogen) atoms. The summed E-state index contributed by atoms with van der Waals surface area (Å²) in [6.45, 7) is 1.07. The van der Waals surface area contributed by atoms with E-state index in [0.29, 0.717) is 23.8 Å². The van der Waals surface area contributed by atoms with Crippen LogP contribution in [0.4, 0.5) is 5.13 Å². The standard InChI is InChI=1S/C20H21N3O3S2/c1-22(20-21-17-10-3-4-11-18(17)27-20)19(24)15-8-7-9-16(14-15)28(25,26)23-12-5-2-6-13-23/h3-4,7-11,14H,2,5-6,12-13H2,1H3. The van der Waals surface area contributed by atoms with Gasteiger partial charge >= 0.3 is 0 Å². The number of rotatable bonds is 4. The van der Waals surface area contributed by atoms with E-state index in [0.717, 1.165) is 29.5 Å². The monoisotopic (exact) mass is 415 g/mol. The molecule has 0 aliphatic carbocycles. The molecule has 0 N–H and O–H groups in total. The number of hydrogen-bond acceptors (Lipinski definition) is 5. The van der Waals surface area contributed by atoms with Crippen molar-refractivity contribution < 1.29 is 13.2 Å². The van der Waals surface area contributed by atoms with E-state index in [-0.39, 0.29) is 10.8 Å². The normalized spacial score (nSPS) is 15.6. The van der Waals surface area contributed by atoms with Crippen molar-refractivity contribution in [1.82, 2.24) is 9.29 Å². The number of thiazole rings is 1. The fourth-order valence-electron chi connectivity index (χ4n) is 3.33. The van der Waals surface area contributed by atoms with Crippen LogP contribution in [0.25, 0.3) is 10.2 Å². The fourth-order valence-corrected chi connectivity index (χ4v) is 5.82. The predicted molar refractivity (Wildman–Crippen MR) is 111 cm³/mol. The third-order valence-electron chi connectivity index (χ3n) is 4.91. The quantitative estimate of drug-likeness (QED) is 0.651. The minimum absolute atomic E-state index is 0.165. The molecule has 0 atom stereocenters. The average molecular weight is 416 g/mol. The van der Waals surface area contributed by atoms with Crippen LogP contribution in [0.3, 0.4) is 0 Å². The number of nitrogens with zero attached hydrogens (tertiary/aromatic N) is 3. The lowest BCUT2D eigenvalue weighted by molar-refractivity contribution is 0.0993. The van der Waals surface area contributed by atoms with Crippen LogP contribution < -0.4 is 4.90 Å². The molecule has 6 nitrogen and oxygen atoms in total. The maximum atomic E-state index is 13.0. The van der Waals surface area contributed by atoms with Gasteiger partial charge in [-0.25, -0.2) is 13.4 Å². The molecular weight excluding hydrogens is 394 g/mol. The molecule has 1 saturated heterocycles. The molecule has 1 fully saturated rings. The van der Waals surface area contributed by atoms with Gasteiger partial charge in [-0.1, -0.05) is 36.0 Å². The van der Waals surface area contributed by atoms with E-state index in [9.17, 15) is 13.2 Å². The first-order valence-electron chi connectivity index (χ1n) is 9.21. The number of sulfonamides is 1. The summed E-state index contributed by atoms with van der Waals surface area (Å²) in [4.78, 5) is 19.1. The van der Waals surface area contributed by atoms with Crippen LogP contribution in [0.1, 0.15) is 29.6 Å². The topological polar surface area (TPSA) is 70.6 Å².